The average Bonchev–Trinajstić information content (AvgIpc) is 2.68. The Kier molecular flexibility index (Phi) is 6.45. The molecule has 0 aliphatic carbocycles. The largest absolute Gasteiger partial charge is 0.297 e. The van der Waals surface area contributed by atoms with Crippen LogP contribution in [0.5, 0.6) is 0 Å². The number of benzene rings is 2. The van der Waals surface area contributed by atoms with Crippen LogP contribution in [0, 0.1) is 11.8 Å². The van der Waals surface area contributed by atoms with Crippen molar-refractivity contribution in [1.82, 2.24) is 9.80 Å². The third-order valence-corrected chi connectivity index (χ3v) is 4.71. The van der Waals surface area contributed by atoms with Crippen molar-refractivity contribution >= 4 is 0 Å². The second kappa shape index (κ2) is 9.22. The minimum atomic E-state index is 0.339. The van der Waals surface area contributed by atoms with Gasteiger partial charge in [0.25, 0.3) is 0 Å². The van der Waals surface area contributed by atoms with Crippen molar-refractivity contribution in [2.45, 2.75) is 13.0 Å². The van der Waals surface area contributed by atoms with E-state index in [4.69, 9.17) is 0 Å². The maximum absolute atomic E-state index is 2.99. The summed E-state index contributed by atoms with van der Waals surface area (Å²) in [5, 5.41) is 0. The van der Waals surface area contributed by atoms with Gasteiger partial charge in [-0.25, -0.2) is 0 Å². The summed E-state index contributed by atoms with van der Waals surface area (Å²) in [6.45, 7) is 7.23. The van der Waals surface area contributed by atoms with Crippen LogP contribution < -0.4 is 0 Å². The summed E-state index contributed by atoms with van der Waals surface area (Å²) in [4.78, 5) is 5.11. The molecule has 0 N–H and O–H groups in total. The van der Waals surface area contributed by atoms with Crippen LogP contribution in [0.1, 0.15) is 24.1 Å². The van der Waals surface area contributed by atoms with E-state index in [-0.39, 0.29) is 0 Å². The van der Waals surface area contributed by atoms with Gasteiger partial charge in [0.15, 0.2) is 0 Å². The third-order valence-electron chi connectivity index (χ3n) is 4.71. The lowest BCUT2D eigenvalue weighted by molar-refractivity contribution is 0.117. The molecule has 2 aromatic carbocycles. The number of piperazine rings is 1. The van der Waals surface area contributed by atoms with Crippen LogP contribution in [0.15, 0.2) is 72.8 Å². The van der Waals surface area contributed by atoms with Gasteiger partial charge in [0, 0.05) is 32.7 Å². The Morgan fingerprint density at radius 1 is 0.880 bits per heavy atom. The molecule has 1 aliphatic rings. The Labute approximate surface area is 151 Å². The maximum Gasteiger partial charge on any atom is 0.0602 e. The van der Waals surface area contributed by atoms with E-state index in [9.17, 15) is 0 Å². The summed E-state index contributed by atoms with van der Waals surface area (Å²) in [5.74, 6) is 5.89. The van der Waals surface area contributed by atoms with E-state index in [0.717, 1.165) is 32.7 Å². The summed E-state index contributed by atoms with van der Waals surface area (Å²) >= 11 is 0. The van der Waals surface area contributed by atoms with Crippen molar-refractivity contribution in [3.05, 3.63) is 83.9 Å². The van der Waals surface area contributed by atoms with E-state index < -0.39 is 0 Å². The van der Waals surface area contributed by atoms with Gasteiger partial charge in [-0.1, -0.05) is 72.7 Å². The Hall–Kier alpha value is -2.34. The molecule has 128 valence electrons. The SMILES string of the molecule is CC#CC=CCN1CCN(C(c2ccccc2)c2ccccc2)CC1. The standard InChI is InChI=1S/C23H26N2/c1-2-3-4-11-16-24-17-19-25(20-18-24)23(21-12-7-5-8-13-21)22-14-9-6-10-15-22/h4-15,23H,16-20H2,1H3. The van der Waals surface area contributed by atoms with Gasteiger partial charge < -0.3 is 0 Å². The summed E-state index contributed by atoms with van der Waals surface area (Å²) in [5.41, 5.74) is 2.75. The number of allylic oxidation sites excluding steroid dienone is 1. The zero-order chi connectivity index (χ0) is 17.3. The van der Waals surface area contributed by atoms with Crippen LogP contribution in [-0.2, 0) is 0 Å². The lowest BCUT2D eigenvalue weighted by Gasteiger charge is -2.39. The zero-order valence-electron chi connectivity index (χ0n) is 14.9. The zero-order valence-corrected chi connectivity index (χ0v) is 14.9. The smallest absolute Gasteiger partial charge is 0.0602 e. The molecule has 0 unspecified atom stereocenters. The molecule has 25 heavy (non-hydrogen) atoms. The van der Waals surface area contributed by atoms with Gasteiger partial charge in [0.1, 0.15) is 0 Å². The van der Waals surface area contributed by atoms with Gasteiger partial charge in [-0.2, -0.15) is 0 Å². The molecule has 1 aliphatic heterocycles. The van der Waals surface area contributed by atoms with Crippen molar-refractivity contribution in [2.24, 2.45) is 0 Å². The first-order valence-electron chi connectivity index (χ1n) is 9.02. The van der Waals surface area contributed by atoms with Crippen LogP contribution in [0.25, 0.3) is 0 Å². The van der Waals surface area contributed by atoms with Crippen molar-refractivity contribution < 1.29 is 0 Å². The van der Waals surface area contributed by atoms with Crippen molar-refractivity contribution in [1.29, 1.82) is 0 Å². The fourth-order valence-corrected chi connectivity index (χ4v) is 3.43. The highest BCUT2D eigenvalue weighted by Gasteiger charge is 2.25. The fourth-order valence-electron chi connectivity index (χ4n) is 3.43. The molecule has 0 spiro atoms. The van der Waals surface area contributed by atoms with Gasteiger partial charge in [0.05, 0.1) is 6.04 Å². The number of nitrogens with zero attached hydrogens (tertiary/aromatic N) is 2. The highest BCUT2D eigenvalue weighted by molar-refractivity contribution is 5.32. The predicted molar refractivity (Wildman–Crippen MR) is 105 cm³/mol. The Bertz CT molecular complexity index is 677. The molecular weight excluding hydrogens is 304 g/mol. The Morgan fingerprint density at radius 2 is 1.44 bits per heavy atom. The number of rotatable bonds is 5. The minimum absolute atomic E-state index is 0.339. The minimum Gasteiger partial charge on any atom is -0.297 e. The van der Waals surface area contributed by atoms with Crippen molar-refractivity contribution in [3.63, 3.8) is 0 Å². The van der Waals surface area contributed by atoms with Gasteiger partial charge in [-0.3, -0.25) is 9.80 Å². The molecule has 1 saturated heterocycles. The first-order chi connectivity index (χ1) is 12.4. The molecule has 1 heterocycles. The quantitative estimate of drug-likeness (QED) is 0.765. The predicted octanol–water partition coefficient (Wildman–Crippen LogP) is 3.97. The normalized spacial score (nSPS) is 16.1. The molecule has 0 amide bonds. The first kappa shape index (κ1) is 17.5. The molecule has 2 nitrogen and oxygen atoms in total. The van der Waals surface area contributed by atoms with Crippen molar-refractivity contribution in [2.75, 3.05) is 32.7 Å². The topological polar surface area (TPSA) is 6.48 Å². The molecule has 2 aromatic rings. The van der Waals surface area contributed by atoms with Crippen molar-refractivity contribution in [3.8, 4) is 11.8 Å². The molecule has 2 heteroatoms. The summed E-state index contributed by atoms with van der Waals surface area (Å²) in [7, 11) is 0. The van der Waals surface area contributed by atoms with E-state index in [1.54, 1.807) is 0 Å². The summed E-state index contributed by atoms with van der Waals surface area (Å²) < 4.78 is 0. The number of hydrogen-bond acceptors (Lipinski definition) is 2. The van der Waals surface area contributed by atoms with E-state index in [0.29, 0.717) is 6.04 Å². The first-order valence-corrected chi connectivity index (χ1v) is 9.02. The van der Waals surface area contributed by atoms with Crippen LogP contribution in [0.2, 0.25) is 0 Å². The molecule has 3 rings (SSSR count). The highest BCUT2D eigenvalue weighted by Crippen LogP contribution is 2.29. The summed E-state index contributed by atoms with van der Waals surface area (Å²) in [6.07, 6.45) is 4.13. The molecule has 0 radical (unpaired) electrons. The Morgan fingerprint density at radius 3 is 1.96 bits per heavy atom. The summed E-state index contributed by atoms with van der Waals surface area (Å²) in [6, 6.07) is 22.1. The van der Waals surface area contributed by atoms with Gasteiger partial charge in [-0.05, 0) is 24.1 Å². The van der Waals surface area contributed by atoms with Crippen LogP contribution in [-0.4, -0.2) is 42.5 Å². The van der Waals surface area contributed by atoms with Crippen LogP contribution in [0.4, 0.5) is 0 Å². The van der Waals surface area contributed by atoms with E-state index in [1.807, 2.05) is 13.0 Å². The monoisotopic (exact) mass is 330 g/mol. The third kappa shape index (κ3) is 4.82. The van der Waals surface area contributed by atoms with Gasteiger partial charge >= 0.3 is 0 Å². The molecule has 1 fully saturated rings. The van der Waals surface area contributed by atoms with E-state index in [1.165, 1.54) is 11.1 Å². The lowest BCUT2D eigenvalue weighted by Crippen LogP contribution is -2.47. The van der Waals surface area contributed by atoms with Crippen LogP contribution >= 0.6 is 0 Å². The number of hydrogen-bond donors (Lipinski definition) is 0. The Balaban J connectivity index is 1.70. The van der Waals surface area contributed by atoms with E-state index >= 15 is 0 Å². The van der Waals surface area contributed by atoms with E-state index in [2.05, 4.69) is 88.4 Å². The fraction of sp³-hybridized carbons (Fsp3) is 0.304. The van der Waals surface area contributed by atoms with Gasteiger partial charge in [-0.15, -0.1) is 5.92 Å². The second-order valence-corrected chi connectivity index (χ2v) is 6.36. The van der Waals surface area contributed by atoms with Crippen LogP contribution in [0.3, 0.4) is 0 Å². The van der Waals surface area contributed by atoms with Gasteiger partial charge in [0.2, 0.25) is 0 Å². The maximum atomic E-state index is 2.99. The highest BCUT2D eigenvalue weighted by atomic mass is 15.3. The molecule has 0 bridgehead atoms. The molecule has 0 saturated carbocycles. The lowest BCUT2D eigenvalue weighted by atomic mass is 9.96. The average molecular weight is 330 g/mol. The molecule has 0 atom stereocenters. The molecule has 0 aromatic heterocycles. The molecular formula is C23H26N2. The second-order valence-electron chi connectivity index (χ2n) is 6.36.